The molecule has 1 aromatic rings. The molecule has 0 fully saturated rings. The summed E-state index contributed by atoms with van der Waals surface area (Å²) in [5.74, 6) is 0.246. The SMILES string of the molecule is CN(CCC(N)=S)c1cc(C(F)(F)F)ccn1. The number of pyridine rings is 1. The largest absolute Gasteiger partial charge is 0.416 e. The van der Waals surface area contributed by atoms with E-state index in [2.05, 4.69) is 4.98 Å². The van der Waals surface area contributed by atoms with Crippen LogP contribution in [0, 0.1) is 0 Å². The van der Waals surface area contributed by atoms with Gasteiger partial charge in [-0.15, -0.1) is 0 Å². The van der Waals surface area contributed by atoms with Gasteiger partial charge in [0.05, 0.1) is 10.6 Å². The van der Waals surface area contributed by atoms with E-state index in [4.69, 9.17) is 18.0 Å². The minimum absolute atomic E-state index is 0.246. The maximum absolute atomic E-state index is 12.5. The molecule has 0 bridgehead atoms. The first kappa shape index (κ1) is 13.7. The van der Waals surface area contributed by atoms with E-state index < -0.39 is 11.7 Å². The van der Waals surface area contributed by atoms with Crippen LogP contribution in [0.4, 0.5) is 19.0 Å². The molecule has 7 heteroatoms. The lowest BCUT2D eigenvalue weighted by molar-refractivity contribution is -0.137. The molecule has 2 N–H and O–H groups in total. The van der Waals surface area contributed by atoms with Crippen LogP contribution >= 0.6 is 12.2 Å². The second-order valence-corrected chi connectivity index (χ2v) is 4.06. The third-order valence-electron chi connectivity index (χ3n) is 2.16. The number of alkyl halides is 3. The Labute approximate surface area is 102 Å². The van der Waals surface area contributed by atoms with Crippen LogP contribution in [0.2, 0.25) is 0 Å². The zero-order chi connectivity index (χ0) is 13.1. The summed E-state index contributed by atoms with van der Waals surface area (Å²) in [5, 5.41) is 0. The molecular weight excluding hydrogens is 251 g/mol. The van der Waals surface area contributed by atoms with Crippen molar-refractivity contribution in [3.05, 3.63) is 23.9 Å². The van der Waals surface area contributed by atoms with E-state index in [9.17, 15) is 13.2 Å². The Kier molecular flexibility index (Phi) is 4.28. The fourth-order valence-electron chi connectivity index (χ4n) is 1.20. The molecule has 0 unspecified atom stereocenters. The van der Waals surface area contributed by atoms with Crippen LogP contribution < -0.4 is 10.6 Å². The van der Waals surface area contributed by atoms with Gasteiger partial charge in [0.15, 0.2) is 0 Å². The summed E-state index contributed by atoms with van der Waals surface area (Å²) in [6.07, 6.45) is -2.79. The quantitative estimate of drug-likeness (QED) is 0.846. The third-order valence-corrected chi connectivity index (χ3v) is 2.36. The first-order valence-electron chi connectivity index (χ1n) is 4.83. The Morgan fingerprint density at radius 3 is 2.71 bits per heavy atom. The van der Waals surface area contributed by atoms with Gasteiger partial charge in [0.2, 0.25) is 0 Å². The number of hydrogen-bond donors (Lipinski definition) is 1. The fraction of sp³-hybridized carbons (Fsp3) is 0.400. The molecule has 0 radical (unpaired) electrons. The minimum Gasteiger partial charge on any atom is -0.393 e. The summed E-state index contributed by atoms with van der Waals surface area (Å²) in [5.41, 5.74) is 4.60. The fourth-order valence-corrected chi connectivity index (χ4v) is 1.29. The smallest absolute Gasteiger partial charge is 0.393 e. The van der Waals surface area contributed by atoms with E-state index in [0.717, 1.165) is 18.3 Å². The van der Waals surface area contributed by atoms with Crippen molar-refractivity contribution >= 4 is 23.0 Å². The van der Waals surface area contributed by atoms with Crippen LogP contribution in [0.25, 0.3) is 0 Å². The zero-order valence-corrected chi connectivity index (χ0v) is 9.98. The summed E-state index contributed by atoms with van der Waals surface area (Å²) in [6, 6.07) is 1.93. The molecule has 3 nitrogen and oxygen atoms in total. The molecule has 0 aliphatic heterocycles. The van der Waals surface area contributed by atoms with Crippen molar-refractivity contribution in [2.75, 3.05) is 18.5 Å². The summed E-state index contributed by atoms with van der Waals surface area (Å²) in [7, 11) is 1.64. The van der Waals surface area contributed by atoms with E-state index in [1.165, 1.54) is 0 Å². The highest BCUT2D eigenvalue weighted by atomic mass is 32.1. The van der Waals surface area contributed by atoms with Crippen molar-refractivity contribution in [2.24, 2.45) is 5.73 Å². The normalized spacial score (nSPS) is 11.3. The van der Waals surface area contributed by atoms with Crippen molar-refractivity contribution in [3.8, 4) is 0 Å². The van der Waals surface area contributed by atoms with Gasteiger partial charge in [-0.1, -0.05) is 12.2 Å². The number of hydrogen-bond acceptors (Lipinski definition) is 3. The number of nitrogens with zero attached hydrogens (tertiary/aromatic N) is 2. The second-order valence-electron chi connectivity index (χ2n) is 3.54. The van der Waals surface area contributed by atoms with E-state index in [0.29, 0.717) is 18.0 Å². The molecule has 0 aliphatic rings. The van der Waals surface area contributed by atoms with Gasteiger partial charge in [-0.05, 0) is 12.1 Å². The Bertz CT molecular complexity index is 406. The van der Waals surface area contributed by atoms with Crippen LogP contribution in [0.3, 0.4) is 0 Å². The Morgan fingerprint density at radius 1 is 1.53 bits per heavy atom. The van der Waals surface area contributed by atoms with Gasteiger partial charge in [-0.25, -0.2) is 4.98 Å². The number of anilines is 1. The molecule has 0 spiro atoms. The lowest BCUT2D eigenvalue weighted by Crippen LogP contribution is -2.24. The first-order chi connectivity index (χ1) is 7.80. The number of thiocarbonyl (C=S) groups is 1. The van der Waals surface area contributed by atoms with Gasteiger partial charge in [0, 0.05) is 26.2 Å². The predicted molar refractivity (Wildman–Crippen MR) is 63.9 cm³/mol. The molecule has 0 saturated heterocycles. The van der Waals surface area contributed by atoms with Crippen molar-refractivity contribution in [3.63, 3.8) is 0 Å². The molecule has 0 aliphatic carbocycles. The summed E-state index contributed by atoms with van der Waals surface area (Å²) < 4.78 is 37.4. The standard InChI is InChI=1S/C10H12F3N3S/c1-16(5-3-8(14)17)9-6-7(2-4-15-9)10(11,12)13/h2,4,6H,3,5H2,1H3,(H2,14,17). The van der Waals surface area contributed by atoms with Crippen molar-refractivity contribution in [2.45, 2.75) is 12.6 Å². The van der Waals surface area contributed by atoms with Crippen molar-refractivity contribution in [1.29, 1.82) is 0 Å². The van der Waals surface area contributed by atoms with E-state index in [1.54, 1.807) is 11.9 Å². The number of rotatable bonds is 4. The van der Waals surface area contributed by atoms with Crippen LogP contribution in [-0.4, -0.2) is 23.6 Å². The van der Waals surface area contributed by atoms with E-state index in [1.807, 2.05) is 0 Å². The minimum atomic E-state index is -4.36. The molecule has 17 heavy (non-hydrogen) atoms. The third kappa shape index (κ3) is 4.18. The van der Waals surface area contributed by atoms with Gasteiger partial charge in [-0.3, -0.25) is 0 Å². The maximum atomic E-state index is 12.5. The van der Waals surface area contributed by atoms with Crippen LogP contribution in [0.15, 0.2) is 18.3 Å². The number of nitrogens with two attached hydrogens (primary N) is 1. The van der Waals surface area contributed by atoms with Crippen molar-refractivity contribution in [1.82, 2.24) is 4.98 Å². The average Bonchev–Trinajstić information content (AvgIpc) is 2.25. The van der Waals surface area contributed by atoms with Crippen molar-refractivity contribution < 1.29 is 13.2 Å². The average molecular weight is 263 g/mol. The zero-order valence-electron chi connectivity index (χ0n) is 9.16. The highest BCUT2D eigenvalue weighted by Crippen LogP contribution is 2.30. The summed E-state index contributed by atoms with van der Waals surface area (Å²) in [4.78, 5) is 5.77. The molecule has 1 heterocycles. The summed E-state index contributed by atoms with van der Waals surface area (Å²) in [6.45, 7) is 0.434. The molecule has 1 rings (SSSR count). The van der Waals surface area contributed by atoms with Gasteiger partial charge < -0.3 is 10.6 Å². The Hall–Kier alpha value is -1.37. The molecular formula is C10H12F3N3S. The maximum Gasteiger partial charge on any atom is 0.416 e. The molecule has 0 saturated carbocycles. The number of aromatic nitrogens is 1. The monoisotopic (exact) mass is 263 g/mol. The van der Waals surface area contributed by atoms with Crippen LogP contribution in [0.5, 0.6) is 0 Å². The van der Waals surface area contributed by atoms with Gasteiger partial charge in [0.1, 0.15) is 5.82 Å². The molecule has 0 amide bonds. The van der Waals surface area contributed by atoms with E-state index in [-0.39, 0.29) is 5.82 Å². The summed E-state index contributed by atoms with van der Waals surface area (Å²) >= 11 is 4.70. The highest BCUT2D eigenvalue weighted by molar-refractivity contribution is 7.80. The van der Waals surface area contributed by atoms with Gasteiger partial charge >= 0.3 is 6.18 Å². The second kappa shape index (κ2) is 5.31. The van der Waals surface area contributed by atoms with E-state index >= 15 is 0 Å². The first-order valence-corrected chi connectivity index (χ1v) is 5.24. The van der Waals surface area contributed by atoms with Crippen LogP contribution in [-0.2, 0) is 6.18 Å². The van der Waals surface area contributed by atoms with Gasteiger partial charge in [-0.2, -0.15) is 13.2 Å². The van der Waals surface area contributed by atoms with Crippen LogP contribution in [0.1, 0.15) is 12.0 Å². The molecule has 94 valence electrons. The lowest BCUT2D eigenvalue weighted by Gasteiger charge is -2.18. The predicted octanol–water partition coefficient (Wildman–Crippen LogP) is 2.21. The molecule has 1 aromatic heterocycles. The molecule has 0 atom stereocenters. The Morgan fingerprint density at radius 2 is 2.18 bits per heavy atom. The van der Waals surface area contributed by atoms with Gasteiger partial charge in [0.25, 0.3) is 0 Å². The molecule has 0 aromatic carbocycles. The Balaban J connectivity index is 2.81. The highest BCUT2D eigenvalue weighted by Gasteiger charge is 2.30. The topological polar surface area (TPSA) is 42.1 Å². The number of halogens is 3. The lowest BCUT2D eigenvalue weighted by atomic mass is 10.2.